The van der Waals surface area contributed by atoms with Crippen LogP contribution in [-0.2, 0) is 16.1 Å². The highest BCUT2D eigenvalue weighted by Gasteiger charge is 2.23. The standard InChI is InChI=1S/C27H26FN3O5/c1-17(26(33)36-27(2,3)4)34-21-11-10-19(23(28)14-21)16-31-24(32)22-9-6-12-30-25(22)35-20-8-5-7-18(13-20)15-29/h5-14,17H,16H2,1-4H3,(H,31,32). The van der Waals surface area contributed by atoms with Gasteiger partial charge in [0, 0.05) is 24.4 Å². The molecular formula is C27H26FN3O5. The molecule has 0 spiro atoms. The number of carbonyl (C=O) groups excluding carboxylic acids is 2. The normalized spacial score (nSPS) is 11.7. The van der Waals surface area contributed by atoms with Crippen LogP contribution in [0.5, 0.6) is 17.4 Å². The summed E-state index contributed by atoms with van der Waals surface area (Å²) in [6.45, 7) is 6.64. The summed E-state index contributed by atoms with van der Waals surface area (Å²) in [5, 5.41) is 11.7. The van der Waals surface area contributed by atoms with Gasteiger partial charge in [-0.05, 0) is 64.1 Å². The lowest BCUT2D eigenvalue weighted by atomic mass is 10.2. The second-order valence-electron chi connectivity index (χ2n) is 8.83. The van der Waals surface area contributed by atoms with Crippen LogP contribution >= 0.6 is 0 Å². The van der Waals surface area contributed by atoms with E-state index < -0.39 is 29.4 Å². The average Bonchev–Trinajstić information content (AvgIpc) is 2.82. The SMILES string of the molecule is CC(Oc1ccc(CNC(=O)c2cccnc2Oc2cccc(C#N)c2)c(F)c1)C(=O)OC(C)(C)C. The zero-order valence-corrected chi connectivity index (χ0v) is 20.4. The lowest BCUT2D eigenvalue weighted by Crippen LogP contribution is -2.33. The first-order valence-corrected chi connectivity index (χ1v) is 11.1. The predicted octanol–water partition coefficient (Wildman–Crippen LogP) is 4.92. The van der Waals surface area contributed by atoms with E-state index in [9.17, 15) is 14.0 Å². The maximum Gasteiger partial charge on any atom is 0.347 e. The van der Waals surface area contributed by atoms with Gasteiger partial charge in [0.2, 0.25) is 5.88 Å². The van der Waals surface area contributed by atoms with Crippen molar-refractivity contribution in [3.8, 4) is 23.4 Å². The Morgan fingerprint density at radius 2 is 1.89 bits per heavy atom. The molecule has 0 radical (unpaired) electrons. The molecule has 0 fully saturated rings. The number of hydrogen-bond donors (Lipinski definition) is 1. The number of nitrogens with zero attached hydrogens (tertiary/aromatic N) is 2. The van der Waals surface area contributed by atoms with Crippen LogP contribution in [-0.4, -0.2) is 28.6 Å². The second-order valence-corrected chi connectivity index (χ2v) is 8.83. The molecule has 1 aromatic heterocycles. The van der Waals surface area contributed by atoms with E-state index in [4.69, 9.17) is 19.5 Å². The number of hydrogen-bond acceptors (Lipinski definition) is 7. The Morgan fingerprint density at radius 1 is 1.11 bits per heavy atom. The summed E-state index contributed by atoms with van der Waals surface area (Å²) in [5.41, 5.74) is 0.0972. The van der Waals surface area contributed by atoms with Crippen LogP contribution in [0.3, 0.4) is 0 Å². The number of aromatic nitrogens is 1. The number of nitriles is 1. The van der Waals surface area contributed by atoms with Gasteiger partial charge < -0.3 is 19.5 Å². The Kier molecular flexibility index (Phi) is 8.22. The predicted molar refractivity (Wildman–Crippen MR) is 129 cm³/mol. The van der Waals surface area contributed by atoms with E-state index in [2.05, 4.69) is 10.3 Å². The second kappa shape index (κ2) is 11.3. The molecule has 8 nitrogen and oxygen atoms in total. The number of carbonyl (C=O) groups is 2. The molecule has 0 bridgehead atoms. The van der Waals surface area contributed by atoms with Gasteiger partial charge in [0.15, 0.2) is 6.10 Å². The van der Waals surface area contributed by atoms with Gasteiger partial charge in [0.25, 0.3) is 5.91 Å². The summed E-state index contributed by atoms with van der Waals surface area (Å²) >= 11 is 0. The van der Waals surface area contributed by atoms with Crippen molar-refractivity contribution in [3.63, 3.8) is 0 Å². The van der Waals surface area contributed by atoms with E-state index in [1.807, 2.05) is 6.07 Å². The van der Waals surface area contributed by atoms with Gasteiger partial charge >= 0.3 is 5.97 Å². The molecule has 1 heterocycles. The van der Waals surface area contributed by atoms with Crippen LogP contribution in [0.15, 0.2) is 60.8 Å². The number of halogens is 1. The minimum absolute atomic E-state index is 0.0467. The van der Waals surface area contributed by atoms with Crippen molar-refractivity contribution in [1.82, 2.24) is 10.3 Å². The van der Waals surface area contributed by atoms with Crippen molar-refractivity contribution in [2.24, 2.45) is 0 Å². The largest absolute Gasteiger partial charge is 0.479 e. The molecule has 1 N–H and O–H groups in total. The highest BCUT2D eigenvalue weighted by Crippen LogP contribution is 2.24. The summed E-state index contributed by atoms with van der Waals surface area (Å²) < 4.78 is 31.1. The van der Waals surface area contributed by atoms with Crippen LogP contribution in [0, 0.1) is 17.1 Å². The lowest BCUT2D eigenvalue weighted by Gasteiger charge is -2.22. The number of amides is 1. The molecule has 186 valence electrons. The van der Waals surface area contributed by atoms with Crippen molar-refractivity contribution in [2.45, 2.75) is 45.9 Å². The van der Waals surface area contributed by atoms with Crippen molar-refractivity contribution >= 4 is 11.9 Å². The van der Waals surface area contributed by atoms with E-state index >= 15 is 0 Å². The zero-order valence-electron chi connectivity index (χ0n) is 20.4. The number of benzene rings is 2. The van der Waals surface area contributed by atoms with E-state index in [1.165, 1.54) is 37.4 Å². The number of esters is 1. The van der Waals surface area contributed by atoms with Crippen LogP contribution in [0.4, 0.5) is 4.39 Å². The first-order chi connectivity index (χ1) is 17.1. The van der Waals surface area contributed by atoms with E-state index in [1.54, 1.807) is 45.0 Å². The van der Waals surface area contributed by atoms with Gasteiger partial charge in [0.05, 0.1) is 11.6 Å². The Hall–Kier alpha value is -4.45. The molecule has 36 heavy (non-hydrogen) atoms. The van der Waals surface area contributed by atoms with E-state index in [-0.39, 0.29) is 29.3 Å². The van der Waals surface area contributed by atoms with Crippen LogP contribution in [0.1, 0.15) is 49.2 Å². The van der Waals surface area contributed by atoms with Gasteiger partial charge in [-0.25, -0.2) is 14.2 Å². The smallest absolute Gasteiger partial charge is 0.347 e. The fourth-order valence-corrected chi connectivity index (χ4v) is 3.04. The number of ether oxygens (including phenoxy) is 3. The highest BCUT2D eigenvalue weighted by molar-refractivity contribution is 5.96. The summed E-state index contributed by atoms with van der Waals surface area (Å²) in [7, 11) is 0. The third kappa shape index (κ3) is 7.27. The molecule has 9 heteroatoms. The van der Waals surface area contributed by atoms with Crippen molar-refractivity contribution in [1.29, 1.82) is 5.26 Å². The molecular weight excluding hydrogens is 465 g/mol. The van der Waals surface area contributed by atoms with Gasteiger partial charge in [-0.15, -0.1) is 0 Å². The molecule has 0 saturated carbocycles. The van der Waals surface area contributed by atoms with Crippen LogP contribution in [0.2, 0.25) is 0 Å². The summed E-state index contributed by atoms with van der Waals surface area (Å²) in [4.78, 5) is 29.0. The molecule has 2 aromatic carbocycles. The van der Waals surface area contributed by atoms with E-state index in [0.717, 1.165) is 6.07 Å². The minimum atomic E-state index is -0.924. The molecule has 1 atom stereocenters. The molecule has 0 aliphatic carbocycles. The summed E-state index contributed by atoms with van der Waals surface area (Å²) in [5.74, 6) is -1.14. The monoisotopic (exact) mass is 491 g/mol. The maximum absolute atomic E-state index is 14.7. The Morgan fingerprint density at radius 3 is 2.58 bits per heavy atom. The average molecular weight is 492 g/mol. The third-order valence-electron chi connectivity index (χ3n) is 4.71. The molecule has 3 rings (SSSR count). The number of rotatable bonds is 8. The van der Waals surface area contributed by atoms with Crippen molar-refractivity contribution < 1.29 is 28.2 Å². The van der Waals surface area contributed by atoms with Crippen molar-refractivity contribution in [3.05, 3.63) is 83.3 Å². The highest BCUT2D eigenvalue weighted by atomic mass is 19.1. The van der Waals surface area contributed by atoms with Gasteiger partial charge in [-0.2, -0.15) is 5.26 Å². The zero-order chi connectivity index (χ0) is 26.3. The van der Waals surface area contributed by atoms with Gasteiger partial charge in [0.1, 0.15) is 28.5 Å². The summed E-state index contributed by atoms with van der Waals surface area (Å²) in [6.07, 6.45) is 0.545. The number of pyridine rings is 1. The fraction of sp³-hybridized carbons (Fsp3) is 0.259. The molecule has 0 aliphatic heterocycles. The first kappa shape index (κ1) is 26.2. The Bertz CT molecular complexity index is 1300. The lowest BCUT2D eigenvalue weighted by molar-refractivity contribution is -0.162. The molecule has 1 amide bonds. The fourth-order valence-electron chi connectivity index (χ4n) is 3.04. The van der Waals surface area contributed by atoms with Crippen LogP contribution in [0.25, 0.3) is 0 Å². The minimum Gasteiger partial charge on any atom is -0.479 e. The topological polar surface area (TPSA) is 111 Å². The Labute approximate surface area is 208 Å². The van der Waals surface area contributed by atoms with Gasteiger partial charge in [-0.1, -0.05) is 12.1 Å². The third-order valence-corrected chi connectivity index (χ3v) is 4.71. The summed E-state index contributed by atoms with van der Waals surface area (Å²) in [6, 6.07) is 15.7. The Balaban J connectivity index is 1.64. The molecule has 3 aromatic rings. The van der Waals surface area contributed by atoms with Gasteiger partial charge in [-0.3, -0.25) is 4.79 Å². The van der Waals surface area contributed by atoms with Crippen LogP contribution < -0.4 is 14.8 Å². The maximum atomic E-state index is 14.7. The molecule has 1 unspecified atom stereocenters. The first-order valence-electron chi connectivity index (χ1n) is 11.1. The molecule has 0 saturated heterocycles. The number of nitrogens with one attached hydrogen (secondary N) is 1. The quantitative estimate of drug-likeness (QED) is 0.445. The van der Waals surface area contributed by atoms with Crippen molar-refractivity contribution in [2.75, 3.05) is 0 Å². The molecule has 0 aliphatic rings. The van der Waals surface area contributed by atoms with E-state index in [0.29, 0.717) is 11.3 Å².